The van der Waals surface area contributed by atoms with Crippen LogP contribution >= 0.6 is 0 Å². The molecule has 0 radical (unpaired) electrons. The summed E-state index contributed by atoms with van der Waals surface area (Å²) in [4.78, 5) is 13.0. The molecule has 0 saturated heterocycles. The lowest BCUT2D eigenvalue weighted by atomic mass is 9.78. The van der Waals surface area contributed by atoms with Crippen molar-refractivity contribution in [3.05, 3.63) is 23.8 Å². The lowest BCUT2D eigenvalue weighted by Crippen LogP contribution is -2.48. The Kier molecular flexibility index (Phi) is 7.05. The quantitative estimate of drug-likeness (QED) is 0.769. The highest BCUT2D eigenvalue weighted by molar-refractivity contribution is 5.98. The Balaban J connectivity index is 2.20. The maximum Gasteiger partial charge on any atom is 0.256 e. The van der Waals surface area contributed by atoms with Gasteiger partial charge in [-0.2, -0.15) is 5.26 Å². The third-order valence-electron chi connectivity index (χ3n) is 5.06. The van der Waals surface area contributed by atoms with E-state index in [4.69, 9.17) is 9.47 Å². The van der Waals surface area contributed by atoms with Crippen LogP contribution in [0, 0.1) is 17.2 Å². The first-order chi connectivity index (χ1) is 12.4. The molecule has 2 rings (SSSR count). The zero-order valence-corrected chi connectivity index (χ0v) is 16.3. The number of carbonyl (C=O) groups excluding carboxylic acids is 1. The topological polar surface area (TPSA) is 71.3 Å². The van der Waals surface area contributed by atoms with Crippen LogP contribution in [0.15, 0.2) is 18.2 Å². The number of nitrogens with zero attached hydrogens (tertiary/aromatic N) is 1. The number of hydrogen-bond donors (Lipinski definition) is 1. The second-order valence-electron chi connectivity index (χ2n) is 7.24. The zero-order chi connectivity index (χ0) is 19.2. The van der Waals surface area contributed by atoms with Crippen molar-refractivity contribution in [1.82, 2.24) is 0 Å². The summed E-state index contributed by atoms with van der Waals surface area (Å²) in [6, 6.07) is 7.36. The molecule has 1 aliphatic carbocycles. The van der Waals surface area contributed by atoms with Crippen LogP contribution in [-0.4, -0.2) is 24.2 Å². The predicted molar refractivity (Wildman–Crippen MR) is 102 cm³/mol. The highest BCUT2D eigenvalue weighted by Crippen LogP contribution is 2.36. The molecule has 0 spiro atoms. The van der Waals surface area contributed by atoms with Crippen molar-refractivity contribution in [2.75, 3.05) is 11.9 Å². The van der Waals surface area contributed by atoms with Crippen molar-refractivity contribution in [1.29, 1.82) is 5.26 Å². The fourth-order valence-electron chi connectivity index (χ4n) is 3.53. The normalized spacial score (nSPS) is 23.7. The monoisotopic (exact) mass is 358 g/mol. The van der Waals surface area contributed by atoms with E-state index in [1.807, 2.05) is 20.8 Å². The largest absolute Gasteiger partial charge is 0.491 e. The second-order valence-corrected chi connectivity index (χ2v) is 7.24. The van der Waals surface area contributed by atoms with Crippen LogP contribution in [-0.2, 0) is 9.53 Å². The maximum absolute atomic E-state index is 13.0. The number of hydrogen-bond acceptors (Lipinski definition) is 4. The highest BCUT2D eigenvalue weighted by atomic mass is 16.5. The maximum atomic E-state index is 13.0. The molecule has 3 unspecified atom stereocenters. The molecule has 1 saturated carbocycles. The molecule has 0 bridgehead atoms. The Morgan fingerprint density at radius 2 is 2.23 bits per heavy atom. The number of carbonyl (C=O) groups is 1. The fraction of sp³-hybridized carbons (Fsp3) is 0.619. The van der Waals surface area contributed by atoms with Gasteiger partial charge in [0.05, 0.1) is 17.4 Å². The van der Waals surface area contributed by atoms with Crippen molar-refractivity contribution < 1.29 is 14.3 Å². The van der Waals surface area contributed by atoms with Gasteiger partial charge in [-0.25, -0.2) is 0 Å². The Bertz CT molecular complexity index is 664. The summed E-state index contributed by atoms with van der Waals surface area (Å²) in [5, 5.41) is 12.4. The van der Waals surface area contributed by atoms with Gasteiger partial charge in [-0.3, -0.25) is 4.79 Å². The summed E-state index contributed by atoms with van der Waals surface area (Å²) in [5.74, 6) is 0.931. The summed E-state index contributed by atoms with van der Waals surface area (Å²) < 4.78 is 11.7. The van der Waals surface area contributed by atoms with E-state index in [1.54, 1.807) is 18.2 Å². The van der Waals surface area contributed by atoms with E-state index in [2.05, 4.69) is 18.3 Å². The molecule has 1 aromatic rings. The van der Waals surface area contributed by atoms with Crippen LogP contribution in [0.4, 0.5) is 5.69 Å². The predicted octanol–water partition coefficient (Wildman–Crippen LogP) is 4.66. The molecule has 3 atom stereocenters. The lowest BCUT2D eigenvalue weighted by molar-refractivity contribution is -0.147. The third-order valence-corrected chi connectivity index (χ3v) is 5.06. The van der Waals surface area contributed by atoms with E-state index in [-0.39, 0.29) is 12.0 Å². The number of benzene rings is 1. The average molecular weight is 358 g/mol. The minimum Gasteiger partial charge on any atom is -0.491 e. The van der Waals surface area contributed by atoms with Crippen molar-refractivity contribution in [2.45, 2.75) is 71.5 Å². The molecule has 142 valence electrons. The van der Waals surface area contributed by atoms with Gasteiger partial charge in [-0.05, 0) is 57.6 Å². The number of amides is 1. The fourth-order valence-corrected chi connectivity index (χ4v) is 3.53. The van der Waals surface area contributed by atoms with Crippen molar-refractivity contribution in [3.63, 3.8) is 0 Å². The Hall–Kier alpha value is -2.06. The number of nitrogens with one attached hydrogen (secondary N) is 1. The molecule has 1 N–H and O–H groups in total. The number of ether oxygens (including phenoxy) is 2. The van der Waals surface area contributed by atoms with Crippen LogP contribution in [0.2, 0.25) is 0 Å². The minimum atomic E-state index is -0.801. The van der Waals surface area contributed by atoms with Gasteiger partial charge in [0, 0.05) is 12.7 Å². The molecular formula is C21H30N2O3. The van der Waals surface area contributed by atoms with Gasteiger partial charge in [-0.15, -0.1) is 0 Å². The summed E-state index contributed by atoms with van der Waals surface area (Å²) in [6.45, 7) is 8.59. The van der Waals surface area contributed by atoms with Crippen LogP contribution in [0.25, 0.3) is 0 Å². The number of anilines is 1. The third kappa shape index (κ3) is 4.76. The minimum absolute atomic E-state index is 0.0759. The molecule has 0 aromatic heterocycles. The summed E-state index contributed by atoms with van der Waals surface area (Å²) >= 11 is 0. The number of nitriles is 1. The van der Waals surface area contributed by atoms with Crippen LogP contribution in [0.3, 0.4) is 0 Å². The van der Waals surface area contributed by atoms with Gasteiger partial charge in [-0.1, -0.05) is 20.3 Å². The molecule has 1 amide bonds. The Morgan fingerprint density at radius 3 is 2.85 bits per heavy atom. The van der Waals surface area contributed by atoms with Gasteiger partial charge >= 0.3 is 0 Å². The molecule has 0 aliphatic heterocycles. The van der Waals surface area contributed by atoms with Crippen LogP contribution < -0.4 is 10.1 Å². The second kappa shape index (κ2) is 9.05. The molecule has 1 aromatic carbocycles. The summed E-state index contributed by atoms with van der Waals surface area (Å²) in [5.41, 5.74) is 0.103. The molecule has 1 fully saturated rings. The molecule has 5 nitrogen and oxygen atoms in total. The molecule has 1 aliphatic rings. The average Bonchev–Trinajstić information content (AvgIpc) is 2.62. The van der Waals surface area contributed by atoms with Crippen molar-refractivity contribution in [2.24, 2.45) is 5.92 Å². The summed E-state index contributed by atoms with van der Waals surface area (Å²) in [7, 11) is 0. The van der Waals surface area contributed by atoms with E-state index < -0.39 is 5.60 Å². The molecule has 5 heteroatoms. The first kappa shape index (κ1) is 20.3. The zero-order valence-electron chi connectivity index (χ0n) is 16.3. The van der Waals surface area contributed by atoms with Gasteiger partial charge < -0.3 is 14.8 Å². The van der Waals surface area contributed by atoms with E-state index in [9.17, 15) is 10.1 Å². The molecule has 26 heavy (non-hydrogen) atoms. The SMILES string of the molecule is CCOC1(C(=O)Nc2ccc(OC(C)CC)cc2C#N)CCCC(C)C1. The summed E-state index contributed by atoms with van der Waals surface area (Å²) in [6.07, 6.45) is 4.48. The van der Waals surface area contributed by atoms with Crippen LogP contribution in [0.1, 0.15) is 65.4 Å². The standard InChI is InChI=1S/C21H30N2O3/c1-5-16(4)26-18-9-10-19(17(12-18)14-22)23-20(24)21(25-6-2)11-7-8-15(3)13-21/h9-10,12,15-16H,5-8,11,13H2,1-4H3,(H,23,24). The lowest BCUT2D eigenvalue weighted by Gasteiger charge is -2.38. The van der Waals surface area contributed by atoms with E-state index >= 15 is 0 Å². The molecular weight excluding hydrogens is 328 g/mol. The Morgan fingerprint density at radius 1 is 1.46 bits per heavy atom. The smallest absolute Gasteiger partial charge is 0.256 e. The first-order valence-corrected chi connectivity index (χ1v) is 9.60. The van der Waals surface area contributed by atoms with Gasteiger partial charge in [0.25, 0.3) is 5.91 Å². The Labute approximate surface area is 156 Å². The van der Waals surface area contributed by atoms with Gasteiger partial charge in [0.15, 0.2) is 0 Å². The van der Waals surface area contributed by atoms with E-state index in [0.717, 1.165) is 19.3 Å². The first-order valence-electron chi connectivity index (χ1n) is 9.60. The van der Waals surface area contributed by atoms with Gasteiger partial charge in [0.2, 0.25) is 0 Å². The highest BCUT2D eigenvalue weighted by Gasteiger charge is 2.42. The molecule has 0 heterocycles. The van der Waals surface area contributed by atoms with Gasteiger partial charge in [0.1, 0.15) is 17.4 Å². The van der Waals surface area contributed by atoms with E-state index in [1.165, 1.54) is 0 Å². The van der Waals surface area contributed by atoms with E-state index in [0.29, 0.717) is 42.4 Å². The number of rotatable bonds is 7. The van der Waals surface area contributed by atoms with Crippen molar-refractivity contribution >= 4 is 11.6 Å². The van der Waals surface area contributed by atoms with Crippen LogP contribution in [0.5, 0.6) is 5.75 Å². The van der Waals surface area contributed by atoms with Crippen molar-refractivity contribution in [3.8, 4) is 11.8 Å².